The number of hydrogen-bond donors (Lipinski definition) is 1. The topological polar surface area (TPSA) is 16.6 Å². The molecular formula is C10H13ClF3N. The lowest BCUT2D eigenvalue weighted by molar-refractivity contribution is -0.711. The van der Waals surface area contributed by atoms with Gasteiger partial charge in [0.15, 0.2) is 6.54 Å². The average Bonchev–Trinajstić information content (AvgIpc) is 2.14. The Morgan fingerprint density at radius 2 is 1.73 bits per heavy atom. The fourth-order valence-corrected chi connectivity index (χ4v) is 1.20. The van der Waals surface area contributed by atoms with Crippen LogP contribution in [0, 0.1) is 0 Å². The summed E-state index contributed by atoms with van der Waals surface area (Å²) in [7, 11) is 0. The molecular weight excluding hydrogens is 227 g/mol. The van der Waals surface area contributed by atoms with Crippen molar-refractivity contribution in [2.45, 2.75) is 19.1 Å². The van der Waals surface area contributed by atoms with Crippen LogP contribution in [0.4, 0.5) is 13.2 Å². The van der Waals surface area contributed by atoms with Crippen molar-refractivity contribution in [1.82, 2.24) is 0 Å². The van der Waals surface area contributed by atoms with E-state index in [-0.39, 0.29) is 18.4 Å². The second-order valence-electron chi connectivity index (χ2n) is 3.25. The lowest BCUT2D eigenvalue weighted by Gasteiger charge is -2.12. The molecule has 2 N–H and O–H groups in total. The highest BCUT2D eigenvalue weighted by Crippen LogP contribution is 2.12. The SMILES string of the molecule is C[C@@H]([NH2+]CC(F)(F)F)c1ccccc1.[Cl-]. The molecule has 0 saturated heterocycles. The van der Waals surface area contributed by atoms with E-state index in [0.717, 1.165) is 5.56 Å². The van der Waals surface area contributed by atoms with E-state index < -0.39 is 12.7 Å². The average molecular weight is 240 g/mol. The summed E-state index contributed by atoms with van der Waals surface area (Å²) >= 11 is 0. The third-order valence-corrected chi connectivity index (χ3v) is 2.03. The van der Waals surface area contributed by atoms with E-state index in [9.17, 15) is 13.2 Å². The van der Waals surface area contributed by atoms with Gasteiger partial charge in [-0.25, -0.2) is 0 Å². The fourth-order valence-electron chi connectivity index (χ4n) is 1.20. The normalized spacial score (nSPS) is 13.1. The van der Waals surface area contributed by atoms with Gasteiger partial charge in [-0.1, -0.05) is 30.3 Å². The molecule has 0 unspecified atom stereocenters. The zero-order chi connectivity index (χ0) is 10.6. The maximum absolute atomic E-state index is 11.9. The number of quaternary nitrogens is 1. The van der Waals surface area contributed by atoms with Gasteiger partial charge in [0.2, 0.25) is 0 Å². The molecule has 1 rings (SSSR count). The van der Waals surface area contributed by atoms with Crippen LogP contribution in [-0.2, 0) is 0 Å². The van der Waals surface area contributed by atoms with Gasteiger partial charge in [0, 0.05) is 5.56 Å². The van der Waals surface area contributed by atoms with Gasteiger partial charge < -0.3 is 17.7 Å². The summed E-state index contributed by atoms with van der Waals surface area (Å²) in [6, 6.07) is 9.01. The maximum Gasteiger partial charge on any atom is 0.438 e. The molecule has 1 aromatic carbocycles. The van der Waals surface area contributed by atoms with Crippen molar-refractivity contribution in [2.75, 3.05) is 6.54 Å². The molecule has 1 nitrogen and oxygen atoms in total. The first kappa shape index (κ1) is 14.3. The summed E-state index contributed by atoms with van der Waals surface area (Å²) in [4.78, 5) is 0. The Hall–Kier alpha value is -0.740. The third kappa shape index (κ3) is 5.64. The molecule has 0 fully saturated rings. The van der Waals surface area contributed by atoms with E-state index in [4.69, 9.17) is 0 Å². The summed E-state index contributed by atoms with van der Waals surface area (Å²) < 4.78 is 35.7. The van der Waals surface area contributed by atoms with Crippen LogP contribution in [0.3, 0.4) is 0 Å². The standard InChI is InChI=1S/C10H12F3N.ClH/c1-8(14-7-10(11,12)13)9-5-3-2-4-6-9;/h2-6,8,14H,7H2,1H3;1H/t8-;/m1./s1. The van der Waals surface area contributed by atoms with E-state index >= 15 is 0 Å². The summed E-state index contributed by atoms with van der Waals surface area (Å²) in [5.41, 5.74) is 0.914. The number of benzene rings is 1. The van der Waals surface area contributed by atoms with Crippen LogP contribution in [0.1, 0.15) is 18.5 Å². The van der Waals surface area contributed by atoms with Gasteiger partial charge in [-0.3, -0.25) is 0 Å². The summed E-state index contributed by atoms with van der Waals surface area (Å²) in [6.07, 6.45) is -4.09. The highest BCUT2D eigenvalue weighted by molar-refractivity contribution is 5.16. The van der Waals surface area contributed by atoms with E-state index in [1.54, 1.807) is 6.92 Å². The minimum atomic E-state index is -4.09. The van der Waals surface area contributed by atoms with Gasteiger partial charge in [-0.05, 0) is 6.92 Å². The Morgan fingerprint density at radius 3 is 2.20 bits per heavy atom. The number of halogens is 4. The Kier molecular flexibility index (Phi) is 5.68. The number of nitrogens with two attached hydrogens (primary N) is 1. The van der Waals surface area contributed by atoms with Gasteiger partial charge in [0.05, 0.1) is 0 Å². The third-order valence-electron chi connectivity index (χ3n) is 2.03. The summed E-state index contributed by atoms with van der Waals surface area (Å²) in [6.45, 7) is 0.935. The Labute approximate surface area is 93.1 Å². The number of hydrogen-bond acceptors (Lipinski definition) is 0. The summed E-state index contributed by atoms with van der Waals surface area (Å²) in [5.74, 6) is 0. The molecule has 0 radical (unpaired) electrons. The van der Waals surface area contributed by atoms with Crippen LogP contribution in [0.2, 0.25) is 0 Å². The summed E-state index contributed by atoms with van der Waals surface area (Å²) in [5, 5.41) is 1.29. The van der Waals surface area contributed by atoms with Crippen molar-refractivity contribution >= 4 is 0 Å². The largest absolute Gasteiger partial charge is 1.00 e. The molecule has 0 saturated carbocycles. The van der Waals surface area contributed by atoms with Crippen molar-refractivity contribution in [3.05, 3.63) is 35.9 Å². The highest BCUT2D eigenvalue weighted by Gasteiger charge is 2.30. The molecule has 1 atom stereocenters. The van der Waals surface area contributed by atoms with Crippen LogP contribution in [0.5, 0.6) is 0 Å². The van der Waals surface area contributed by atoms with Gasteiger partial charge in [0.25, 0.3) is 0 Å². The van der Waals surface area contributed by atoms with E-state index in [1.807, 2.05) is 30.3 Å². The first-order valence-corrected chi connectivity index (χ1v) is 4.44. The van der Waals surface area contributed by atoms with Gasteiger partial charge in [-0.15, -0.1) is 0 Å². The highest BCUT2D eigenvalue weighted by atomic mass is 35.5. The molecule has 86 valence electrons. The Balaban J connectivity index is 0.00000196. The van der Waals surface area contributed by atoms with Crippen LogP contribution in [-0.4, -0.2) is 12.7 Å². The predicted molar refractivity (Wildman–Crippen MR) is 47.7 cm³/mol. The maximum atomic E-state index is 11.9. The Bertz CT molecular complexity index is 274. The second kappa shape index (κ2) is 5.98. The molecule has 0 aromatic heterocycles. The van der Waals surface area contributed by atoms with Crippen LogP contribution in [0.25, 0.3) is 0 Å². The molecule has 0 heterocycles. The molecule has 0 aliphatic carbocycles. The van der Waals surface area contributed by atoms with Crippen LogP contribution < -0.4 is 17.7 Å². The second-order valence-corrected chi connectivity index (χ2v) is 3.25. The van der Waals surface area contributed by atoms with Crippen molar-refractivity contribution in [1.29, 1.82) is 0 Å². The zero-order valence-electron chi connectivity index (χ0n) is 8.26. The fraction of sp³-hybridized carbons (Fsp3) is 0.400. The van der Waals surface area contributed by atoms with Gasteiger partial charge >= 0.3 is 6.18 Å². The molecule has 0 bridgehead atoms. The lowest BCUT2D eigenvalue weighted by atomic mass is 10.1. The molecule has 5 heteroatoms. The van der Waals surface area contributed by atoms with Crippen molar-refractivity contribution in [2.24, 2.45) is 0 Å². The molecule has 0 aliphatic heterocycles. The van der Waals surface area contributed by atoms with Crippen molar-refractivity contribution in [3.63, 3.8) is 0 Å². The molecule has 0 amide bonds. The monoisotopic (exact) mass is 239 g/mol. The van der Waals surface area contributed by atoms with Crippen LogP contribution >= 0.6 is 0 Å². The molecule has 0 aliphatic rings. The quantitative estimate of drug-likeness (QED) is 0.688. The minimum absolute atomic E-state index is 0. The zero-order valence-corrected chi connectivity index (χ0v) is 9.02. The van der Waals surface area contributed by atoms with Crippen molar-refractivity contribution < 1.29 is 30.9 Å². The first-order chi connectivity index (χ1) is 6.49. The first-order valence-electron chi connectivity index (χ1n) is 4.44. The van der Waals surface area contributed by atoms with E-state index in [1.165, 1.54) is 5.32 Å². The van der Waals surface area contributed by atoms with E-state index in [0.29, 0.717) is 0 Å². The number of alkyl halides is 3. The van der Waals surface area contributed by atoms with Gasteiger partial charge in [0.1, 0.15) is 6.04 Å². The Morgan fingerprint density at radius 1 is 1.20 bits per heavy atom. The van der Waals surface area contributed by atoms with E-state index in [2.05, 4.69) is 0 Å². The molecule has 0 spiro atoms. The smallest absolute Gasteiger partial charge is 0.438 e. The minimum Gasteiger partial charge on any atom is -1.00 e. The van der Waals surface area contributed by atoms with Crippen LogP contribution in [0.15, 0.2) is 30.3 Å². The molecule has 15 heavy (non-hydrogen) atoms. The predicted octanol–water partition coefficient (Wildman–Crippen LogP) is -1.12. The lowest BCUT2D eigenvalue weighted by Crippen LogP contribution is -3.00. The number of rotatable bonds is 3. The van der Waals surface area contributed by atoms with Gasteiger partial charge in [-0.2, -0.15) is 13.2 Å². The van der Waals surface area contributed by atoms with Crippen molar-refractivity contribution in [3.8, 4) is 0 Å². The molecule has 1 aromatic rings.